The summed E-state index contributed by atoms with van der Waals surface area (Å²) in [6.45, 7) is 13.7. The van der Waals surface area contributed by atoms with Gasteiger partial charge in [0.2, 0.25) is 0 Å². The summed E-state index contributed by atoms with van der Waals surface area (Å²) in [5.41, 5.74) is 5.17. The fourth-order valence-electron chi connectivity index (χ4n) is 6.01. The first-order chi connectivity index (χ1) is 22.8. The van der Waals surface area contributed by atoms with Crippen LogP contribution in [0.15, 0.2) is 49.1 Å². The van der Waals surface area contributed by atoms with Gasteiger partial charge in [0.1, 0.15) is 17.2 Å². The van der Waals surface area contributed by atoms with E-state index in [4.69, 9.17) is 14.5 Å². The molecule has 2 aliphatic rings. The van der Waals surface area contributed by atoms with Gasteiger partial charge in [-0.2, -0.15) is 9.89 Å². The summed E-state index contributed by atoms with van der Waals surface area (Å²) < 4.78 is 15.9. The Morgan fingerprint density at radius 2 is 1.92 bits per heavy atom. The number of hydrogen-bond acceptors (Lipinski definition) is 8. The van der Waals surface area contributed by atoms with Crippen LogP contribution in [0, 0.1) is 13.8 Å². The van der Waals surface area contributed by atoms with Gasteiger partial charge in [-0.25, -0.2) is 4.98 Å². The molecule has 1 aliphatic heterocycles. The van der Waals surface area contributed by atoms with Gasteiger partial charge < -0.3 is 19.8 Å². The monoisotopic (exact) mass is 653 g/mol. The number of nitrogens with zero attached hydrogens (tertiary/aromatic N) is 6. The lowest BCUT2D eigenvalue weighted by Gasteiger charge is -2.30. The first-order valence-corrected chi connectivity index (χ1v) is 16.5. The molecule has 1 aliphatic carbocycles. The average molecular weight is 654 g/mol. The van der Waals surface area contributed by atoms with Gasteiger partial charge in [-0.15, -0.1) is 4.58 Å². The van der Waals surface area contributed by atoms with Gasteiger partial charge in [-0.1, -0.05) is 6.07 Å². The van der Waals surface area contributed by atoms with E-state index in [-0.39, 0.29) is 12.0 Å². The number of aromatic nitrogens is 5. The number of H-pyrrole nitrogens is 1. The molecule has 0 saturated heterocycles. The van der Waals surface area contributed by atoms with Gasteiger partial charge in [0.05, 0.1) is 24.3 Å². The number of carbonyl (C=O) groups excluding carboxylic acids is 2. The second-order valence-corrected chi connectivity index (χ2v) is 13.9. The van der Waals surface area contributed by atoms with E-state index in [1.165, 1.54) is 18.4 Å². The molecule has 0 bridgehead atoms. The highest BCUT2D eigenvalue weighted by molar-refractivity contribution is 6.06. The molecule has 1 fully saturated rings. The number of pyridine rings is 1. The van der Waals surface area contributed by atoms with Gasteiger partial charge >= 0.3 is 6.09 Å². The maximum Gasteiger partial charge on any atom is 0.596 e. The Kier molecular flexibility index (Phi) is 9.20. The zero-order chi connectivity index (χ0) is 34.2. The first kappa shape index (κ1) is 33.1. The molecule has 48 heavy (non-hydrogen) atoms. The quantitative estimate of drug-likeness (QED) is 0.217. The van der Waals surface area contributed by atoms with Crippen LogP contribution in [0.25, 0.3) is 11.4 Å². The van der Waals surface area contributed by atoms with Crippen molar-refractivity contribution in [3.63, 3.8) is 0 Å². The number of aryl methyl sites for hydroxylation is 3. The SMILES string of the molecule is CC1=[N+](C(=O)OC(C)(C)C)CCN(CC(Oc2cc(C)c(C(=O)Nc3nn(C)cc3C)cc2-c2ncc[nH]2)c2ccc(C3CC3)cn2)C1. The van der Waals surface area contributed by atoms with Crippen LogP contribution < -0.4 is 10.1 Å². The molecule has 1 saturated carbocycles. The Morgan fingerprint density at radius 1 is 1.12 bits per heavy atom. The van der Waals surface area contributed by atoms with Gasteiger partial charge in [-0.05, 0) is 82.7 Å². The second kappa shape index (κ2) is 13.3. The summed E-state index contributed by atoms with van der Waals surface area (Å²) in [5.74, 6) is 2.00. The Bertz CT molecular complexity index is 1830. The van der Waals surface area contributed by atoms with Gasteiger partial charge in [0.25, 0.3) is 5.91 Å². The molecule has 6 rings (SSSR count). The zero-order valence-corrected chi connectivity index (χ0v) is 28.8. The van der Waals surface area contributed by atoms with E-state index in [2.05, 4.69) is 37.4 Å². The molecule has 3 aromatic heterocycles. The number of ether oxygens (including phenoxy) is 2. The summed E-state index contributed by atoms with van der Waals surface area (Å²) in [6.07, 6.45) is 8.87. The summed E-state index contributed by atoms with van der Waals surface area (Å²) >= 11 is 0. The van der Waals surface area contributed by atoms with Crippen LogP contribution in [-0.4, -0.2) is 83.7 Å². The van der Waals surface area contributed by atoms with E-state index in [9.17, 15) is 9.59 Å². The maximum atomic E-state index is 13.5. The largest absolute Gasteiger partial charge is 0.596 e. The van der Waals surface area contributed by atoms with Crippen LogP contribution in [0.2, 0.25) is 0 Å². The van der Waals surface area contributed by atoms with E-state index < -0.39 is 11.7 Å². The highest BCUT2D eigenvalue weighted by Gasteiger charge is 2.34. The molecule has 1 atom stereocenters. The van der Waals surface area contributed by atoms with Crippen molar-refractivity contribution in [3.8, 4) is 17.1 Å². The van der Waals surface area contributed by atoms with Crippen LogP contribution >= 0.6 is 0 Å². The fourth-order valence-corrected chi connectivity index (χ4v) is 6.01. The molecule has 4 heterocycles. The van der Waals surface area contributed by atoms with Crippen LogP contribution in [0.1, 0.15) is 85.3 Å². The van der Waals surface area contributed by atoms with Crippen molar-refractivity contribution in [3.05, 3.63) is 77.0 Å². The highest BCUT2D eigenvalue weighted by atomic mass is 16.6. The minimum Gasteiger partial charge on any atom is -0.482 e. The number of rotatable bonds is 9. The Balaban J connectivity index is 1.30. The third-order valence-corrected chi connectivity index (χ3v) is 8.62. The molecule has 2 N–H and O–H groups in total. The molecular formula is C36H45N8O4+. The van der Waals surface area contributed by atoms with Crippen molar-refractivity contribution >= 4 is 23.5 Å². The normalized spacial score (nSPS) is 16.1. The number of anilines is 1. The average Bonchev–Trinajstić information content (AvgIpc) is 3.63. The van der Waals surface area contributed by atoms with E-state index in [1.807, 2.05) is 73.1 Å². The highest BCUT2D eigenvalue weighted by Crippen LogP contribution is 2.40. The number of amides is 2. The summed E-state index contributed by atoms with van der Waals surface area (Å²) in [5, 5.41) is 7.33. The van der Waals surface area contributed by atoms with Gasteiger partial charge in [0.15, 0.2) is 24.2 Å². The van der Waals surface area contributed by atoms with E-state index in [0.717, 1.165) is 22.5 Å². The third kappa shape index (κ3) is 7.65. The molecule has 2 amide bonds. The van der Waals surface area contributed by atoms with Crippen molar-refractivity contribution in [2.24, 2.45) is 7.05 Å². The third-order valence-electron chi connectivity index (χ3n) is 8.62. The standard InChI is InChI=1S/C36H44N8O4/c1-22-16-30(28(33-37-12-13-38-33)17-27(22)34(45)40-32-23(2)19-42(7)41-32)47-31(29-11-10-26(18-39-29)25-8-9-25)21-43-14-15-44(24(3)20-43)35(46)48-36(4,5)6/h10-13,16-19,25,31H,8-9,14-15,20-21H2,1-7H3,(H-,37,38,40,41,45)/p+1. The van der Waals surface area contributed by atoms with Crippen LogP contribution in [0.3, 0.4) is 0 Å². The molecule has 12 nitrogen and oxygen atoms in total. The van der Waals surface area contributed by atoms with Crippen molar-refractivity contribution in [2.45, 2.75) is 72.0 Å². The maximum absolute atomic E-state index is 13.5. The molecule has 1 aromatic carbocycles. The van der Waals surface area contributed by atoms with Crippen LogP contribution in [0.4, 0.5) is 10.6 Å². The smallest absolute Gasteiger partial charge is 0.482 e. The van der Waals surface area contributed by atoms with Gasteiger partial charge in [0, 0.05) is 56.4 Å². The van der Waals surface area contributed by atoms with Crippen LogP contribution in [-0.2, 0) is 11.8 Å². The fraction of sp³-hybridized carbons (Fsp3) is 0.444. The zero-order valence-electron chi connectivity index (χ0n) is 28.8. The van der Waals surface area contributed by atoms with Crippen molar-refractivity contribution in [1.82, 2.24) is 29.6 Å². The Morgan fingerprint density at radius 3 is 2.52 bits per heavy atom. The number of carbonyl (C=O) groups is 2. The van der Waals surface area contributed by atoms with E-state index >= 15 is 0 Å². The summed E-state index contributed by atoms with van der Waals surface area (Å²) in [6, 6.07) is 7.92. The lowest BCUT2D eigenvalue weighted by molar-refractivity contribution is -0.458. The first-order valence-electron chi connectivity index (χ1n) is 16.5. The Hall–Kier alpha value is -4.84. The number of hydrogen-bond donors (Lipinski definition) is 2. The molecule has 0 spiro atoms. The van der Waals surface area contributed by atoms with E-state index in [0.29, 0.717) is 60.6 Å². The summed E-state index contributed by atoms with van der Waals surface area (Å²) in [4.78, 5) is 41.2. The van der Waals surface area contributed by atoms with Crippen molar-refractivity contribution in [2.75, 3.05) is 31.5 Å². The predicted octanol–water partition coefficient (Wildman–Crippen LogP) is 5.80. The number of imidazole rings is 1. The minimum atomic E-state index is -0.566. The Labute approximate surface area is 281 Å². The number of nitrogens with one attached hydrogen (secondary N) is 2. The molecule has 252 valence electrons. The number of aromatic amines is 1. The number of benzene rings is 1. The summed E-state index contributed by atoms with van der Waals surface area (Å²) in [7, 11) is 1.82. The molecule has 4 aromatic rings. The lowest BCUT2D eigenvalue weighted by Crippen LogP contribution is -2.48. The van der Waals surface area contributed by atoms with Crippen molar-refractivity contribution < 1.29 is 23.6 Å². The molecule has 12 heteroatoms. The molecule has 0 radical (unpaired) electrons. The molecule has 1 unspecified atom stereocenters. The van der Waals surface area contributed by atoms with Crippen molar-refractivity contribution in [1.29, 1.82) is 0 Å². The predicted molar refractivity (Wildman–Crippen MR) is 183 cm³/mol. The van der Waals surface area contributed by atoms with E-state index in [1.54, 1.807) is 21.7 Å². The van der Waals surface area contributed by atoms with Crippen LogP contribution in [0.5, 0.6) is 5.75 Å². The van der Waals surface area contributed by atoms with Gasteiger partial charge in [-0.3, -0.25) is 19.4 Å². The molecular weight excluding hydrogens is 608 g/mol. The lowest BCUT2D eigenvalue weighted by atomic mass is 10.0. The topological polar surface area (TPSA) is 130 Å². The second-order valence-electron chi connectivity index (χ2n) is 13.9. The minimum absolute atomic E-state index is 0.267.